The lowest BCUT2D eigenvalue weighted by Gasteiger charge is -2.21. The Morgan fingerprint density at radius 1 is 1.39 bits per heavy atom. The van der Waals surface area contributed by atoms with Crippen molar-refractivity contribution in [3.05, 3.63) is 10.6 Å². The zero-order valence-corrected chi connectivity index (χ0v) is 12.8. The van der Waals surface area contributed by atoms with Gasteiger partial charge >= 0.3 is 0 Å². The third kappa shape index (κ3) is 4.08. The second-order valence-corrected chi connectivity index (χ2v) is 6.16. The van der Waals surface area contributed by atoms with Gasteiger partial charge in [-0.05, 0) is 31.4 Å². The first-order valence-electron chi connectivity index (χ1n) is 6.46. The van der Waals surface area contributed by atoms with Crippen LogP contribution in [0.25, 0.3) is 0 Å². The topological polar surface area (TPSA) is 37.8 Å². The normalized spacial score (nSPS) is 12.9. The summed E-state index contributed by atoms with van der Waals surface area (Å²) >= 11 is 1.49. The van der Waals surface area contributed by atoms with Gasteiger partial charge in [0.15, 0.2) is 0 Å². The number of nitrogens with one attached hydrogen (secondary N) is 1. The van der Waals surface area contributed by atoms with Crippen molar-refractivity contribution in [1.29, 1.82) is 0 Å². The molecule has 0 fully saturated rings. The fraction of sp³-hybridized carbons (Fsp3) is 0.714. The van der Waals surface area contributed by atoms with Crippen LogP contribution >= 0.6 is 11.5 Å². The average molecular weight is 265 g/mol. The molecule has 18 heavy (non-hydrogen) atoms. The van der Waals surface area contributed by atoms with E-state index in [4.69, 9.17) is 0 Å². The molecular formula is C14H23N3S. The summed E-state index contributed by atoms with van der Waals surface area (Å²) in [5.41, 5.74) is 1.13. The molecule has 1 rings (SSSR count). The molecule has 1 atom stereocenters. The summed E-state index contributed by atoms with van der Waals surface area (Å²) < 4.78 is 4.13. The Labute approximate surface area is 115 Å². The van der Waals surface area contributed by atoms with Gasteiger partial charge in [0.1, 0.15) is 0 Å². The Balaban J connectivity index is 2.96. The van der Waals surface area contributed by atoms with Crippen LogP contribution in [-0.4, -0.2) is 16.1 Å². The molecule has 0 aromatic carbocycles. The van der Waals surface area contributed by atoms with Crippen LogP contribution in [0.1, 0.15) is 64.1 Å². The first kappa shape index (κ1) is 15.1. The molecule has 0 spiro atoms. The number of hydrogen-bond acceptors (Lipinski definition) is 4. The summed E-state index contributed by atoms with van der Waals surface area (Å²) in [6.07, 6.45) is 1.94. The molecule has 3 nitrogen and oxygen atoms in total. The second kappa shape index (κ2) is 6.86. The highest BCUT2D eigenvalue weighted by Crippen LogP contribution is 2.31. The predicted molar refractivity (Wildman–Crippen MR) is 77.7 cm³/mol. The van der Waals surface area contributed by atoms with Crippen LogP contribution in [0.2, 0.25) is 0 Å². The number of aromatic nitrogens is 2. The van der Waals surface area contributed by atoms with Crippen molar-refractivity contribution < 1.29 is 0 Å². The highest BCUT2D eigenvalue weighted by atomic mass is 32.1. The van der Waals surface area contributed by atoms with Crippen LogP contribution in [-0.2, 0) is 5.41 Å². The fourth-order valence-electron chi connectivity index (χ4n) is 1.73. The molecule has 1 unspecified atom stereocenters. The molecule has 1 aromatic heterocycles. The molecule has 0 aliphatic carbocycles. The summed E-state index contributed by atoms with van der Waals surface area (Å²) in [7, 11) is 0. The Morgan fingerprint density at radius 3 is 2.67 bits per heavy atom. The monoisotopic (exact) mass is 265 g/mol. The summed E-state index contributed by atoms with van der Waals surface area (Å²) in [5.74, 6) is 6.13. The number of hydrogen-bond donors (Lipinski definition) is 1. The molecule has 0 aliphatic rings. The highest BCUT2D eigenvalue weighted by molar-refractivity contribution is 7.05. The van der Waals surface area contributed by atoms with Gasteiger partial charge in [-0.1, -0.05) is 32.2 Å². The lowest BCUT2D eigenvalue weighted by Crippen LogP contribution is -2.24. The quantitative estimate of drug-likeness (QED) is 0.830. The maximum absolute atomic E-state index is 4.30. The van der Waals surface area contributed by atoms with Gasteiger partial charge in [0.25, 0.3) is 0 Å². The lowest BCUT2D eigenvalue weighted by molar-refractivity contribution is 0.512. The zero-order chi connectivity index (χ0) is 13.6. The molecule has 0 radical (unpaired) electrons. The molecule has 1 N–H and O–H groups in total. The van der Waals surface area contributed by atoms with Crippen molar-refractivity contribution in [2.75, 3.05) is 6.54 Å². The predicted octanol–water partition coefficient (Wildman–Crippen LogP) is 3.29. The van der Waals surface area contributed by atoms with E-state index in [9.17, 15) is 0 Å². The van der Waals surface area contributed by atoms with Crippen LogP contribution in [0.4, 0.5) is 0 Å². The van der Waals surface area contributed by atoms with Crippen LogP contribution in [0.15, 0.2) is 0 Å². The van der Waals surface area contributed by atoms with Crippen molar-refractivity contribution >= 4 is 11.5 Å². The third-order valence-electron chi connectivity index (χ3n) is 2.66. The van der Waals surface area contributed by atoms with Crippen molar-refractivity contribution in [2.24, 2.45) is 0 Å². The molecule has 0 bridgehead atoms. The maximum Gasteiger partial charge on any atom is 0.0857 e. The standard InChI is InChI=1S/C14H23N3S/c1-6-8-9-11(15-10-7-2)12-13(14(3,4)5)16-17-18-12/h11,15H,7,9-10H2,1-5H3. The Kier molecular flexibility index (Phi) is 5.77. The molecule has 0 saturated carbocycles. The van der Waals surface area contributed by atoms with Gasteiger partial charge in [-0.25, -0.2) is 0 Å². The molecule has 0 aliphatic heterocycles. The Hall–Kier alpha value is -0.920. The summed E-state index contributed by atoms with van der Waals surface area (Å²) in [6, 6.07) is 0.256. The Bertz CT molecular complexity index is 420. The van der Waals surface area contributed by atoms with Gasteiger partial charge in [-0.3, -0.25) is 0 Å². The summed E-state index contributed by atoms with van der Waals surface area (Å²) in [4.78, 5) is 1.23. The third-order valence-corrected chi connectivity index (χ3v) is 3.50. The SMILES string of the molecule is CC#CCC(NCCC)c1snnc1C(C)(C)C. The molecular weight excluding hydrogens is 242 g/mol. The first-order chi connectivity index (χ1) is 8.50. The highest BCUT2D eigenvalue weighted by Gasteiger charge is 2.26. The smallest absolute Gasteiger partial charge is 0.0857 e. The van der Waals surface area contributed by atoms with Gasteiger partial charge in [-0.2, -0.15) is 0 Å². The second-order valence-electron chi connectivity index (χ2n) is 5.37. The molecule has 1 aromatic rings. The number of nitrogens with zero attached hydrogens (tertiary/aromatic N) is 2. The number of rotatable bonds is 5. The molecule has 0 amide bonds. The van der Waals surface area contributed by atoms with Gasteiger partial charge in [0.05, 0.1) is 16.6 Å². The minimum Gasteiger partial charge on any atom is -0.308 e. The van der Waals surface area contributed by atoms with E-state index in [1.165, 1.54) is 16.4 Å². The summed E-state index contributed by atoms with van der Waals surface area (Å²) in [6.45, 7) is 11.6. The molecule has 100 valence electrons. The maximum atomic E-state index is 4.30. The van der Waals surface area contributed by atoms with Crippen molar-refractivity contribution in [3.8, 4) is 11.8 Å². The molecule has 4 heteroatoms. The van der Waals surface area contributed by atoms with Gasteiger partial charge < -0.3 is 5.32 Å². The van der Waals surface area contributed by atoms with Gasteiger partial charge in [0.2, 0.25) is 0 Å². The Morgan fingerprint density at radius 2 is 2.11 bits per heavy atom. The van der Waals surface area contributed by atoms with Crippen LogP contribution < -0.4 is 5.32 Å². The first-order valence-corrected chi connectivity index (χ1v) is 7.23. The van der Waals surface area contributed by atoms with E-state index >= 15 is 0 Å². The van der Waals surface area contributed by atoms with E-state index in [1.54, 1.807) is 0 Å². The van der Waals surface area contributed by atoms with E-state index in [0.29, 0.717) is 0 Å². The van der Waals surface area contributed by atoms with Gasteiger partial charge in [0, 0.05) is 11.8 Å². The van der Waals surface area contributed by atoms with Crippen molar-refractivity contribution in [1.82, 2.24) is 14.9 Å². The van der Waals surface area contributed by atoms with E-state index in [1.807, 2.05) is 6.92 Å². The molecule has 1 heterocycles. The fourth-order valence-corrected chi connectivity index (χ4v) is 2.66. The van der Waals surface area contributed by atoms with Crippen LogP contribution in [0.3, 0.4) is 0 Å². The largest absolute Gasteiger partial charge is 0.308 e. The molecule has 0 saturated heterocycles. The minimum atomic E-state index is 0.0358. The van der Waals surface area contributed by atoms with Crippen molar-refractivity contribution in [3.63, 3.8) is 0 Å². The van der Waals surface area contributed by atoms with Gasteiger partial charge in [-0.15, -0.1) is 16.9 Å². The van der Waals surface area contributed by atoms with E-state index in [2.05, 4.69) is 54.4 Å². The van der Waals surface area contributed by atoms with Crippen LogP contribution in [0, 0.1) is 11.8 Å². The van der Waals surface area contributed by atoms with E-state index in [-0.39, 0.29) is 11.5 Å². The van der Waals surface area contributed by atoms with E-state index < -0.39 is 0 Å². The minimum absolute atomic E-state index is 0.0358. The summed E-state index contributed by atoms with van der Waals surface area (Å²) in [5, 5.41) is 7.85. The average Bonchev–Trinajstić information content (AvgIpc) is 2.78. The zero-order valence-electron chi connectivity index (χ0n) is 12.0. The van der Waals surface area contributed by atoms with Crippen molar-refractivity contribution in [2.45, 2.75) is 58.9 Å². The van der Waals surface area contributed by atoms with Crippen LogP contribution in [0.5, 0.6) is 0 Å². The lowest BCUT2D eigenvalue weighted by atomic mass is 9.89. The van der Waals surface area contributed by atoms with E-state index in [0.717, 1.165) is 25.1 Å².